The second kappa shape index (κ2) is 5.02. The molecule has 2 N–H and O–H groups in total. The maximum absolute atomic E-state index is 6.21. The second-order valence-electron chi connectivity index (χ2n) is 4.22. The molecule has 96 valence electrons. The van der Waals surface area contributed by atoms with Crippen LogP contribution in [0.4, 0.5) is 0 Å². The molecule has 4 nitrogen and oxygen atoms in total. The summed E-state index contributed by atoms with van der Waals surface area (Å²) in [6, 6.07) is 1.67. The molecule has 0 atom stereocenters. The van der Waals surface area contributed by atoms with Crippen molar-refractivity contribution in [2.45, 2.75) is 19.4 Å². The van der Waals surface area contributed by atoms with Crippen LogP contribution in [0.3, 0.4) is 0 Å². The lowest BCUT2D eigenvalue weighted by Gasteiger charge is -2.25. The number of methoxy groups -OCH3 is 3. The smallest absolute Gasteiger partial charge is 0.203 e. The molecule has 0 spiro atoms. The molecule has 0 bridgehead atoms. The number of hydrogen-bond donors (Lipinski definition) is 1. The van der Waals surface area contributed by atoms with Crippen molar-refractivity contribution in [3.8, 4) is 17.2 Å². The number of nitrogens with two attached hydrogens (primary N) is 1. The zero-order chi connectivity index (χ0) is 13.2. The molecule has 0 aromatic heterocycles. The summed E-state index contributed by atoms with van der Waals surface area (Å²) >= 11 is 6.21. The first kappa shape index (κ1) is 13.9. The van der Waals surface area contributed by atoms with E-state index in [1.807, 2.05) is 13.8 Å². The maximum Gasteiger partial charge on any atom is 0.203 e. The van der Waals surface area contributed by atoms with Crippen molar-refractivity contribution in [2.75, 3.05) is 21.3 Å². The minimum atomic E-state index is -0.637. The standard InChI is InChI=1S/C12H18ClNO3/c1-12(2,14)9-7(13)6-8(15-3)10(16-4)11(9)17-5/h6H,14H2,1-5H3. The van der Waals surface area contributed by atoms with Gasteiger partial charge in [-0.1, -0.05) is 11.6 Å². The summed E-state index contributed by atoms with van der Waals surface area (Å²) in [4.78, 5) is 0. The Kier molecular flexibility index (Phi) is 4.11. The van der Waals surface area contributed by atoms with Gasteiger partial charge in [0.1, 0.15) is 0 Å². The fourth-order valence-electron chi connectivity index (χ4n) is 1.73. The number of hydrogen-bond acceptors (Lipinski definition) is 4. The molecule has 5 heteroatoms. The van der Waals surface area contributed by atoms with Gasteiger partial charge in [-0.2, -0.15) is 0 Å². The second-order valence-corrected chi connectivity index (χ2v) is 4.63. The topological polar surface area (TPSA) is 53.7 Å². The van der Waals surface area contributed by atoms with E-state index in [9.17, 15) is 0 Å². The van der Waals surface area contributed by atoms with Crippen LogP contribution in [0.1, 0.15) is 19.4 Å². The summed E-state index contributed by atoms with van der Waals surface area (Å²) in [5.74, 6) is 1.51. The van der Waals surface area contributed by atoms with Crippen molar-refractivity contribution in [1.82, 2.24) is 0 Å². The van der Waals surface area contributed by atoms with Crippen molar-refractivity contribution in [3.63, 3.8) is 0 Å². The Labute approximate surface area is 107 Å². The van der Waals surface area contributed by atoms with E-state index in [0.29, 0.717) is 27.8 Å². The lowest BCUT2D eigenvalue weighted by molar-refractivity contribution is 0.317. The zero-order valence-corrected chi connectivity index (χ0v) is 11.5. The maximum atomic E-state index is 6.21. The molecule has 1 aromatic carbocycles. The first-order valence-electron chi connectivity index (χ1n) is 5.14. The molecular weight excluding hydrogens is 242 g/mol. The summed E-state index contributed by atoms with van der Waals surface area (Å²) in [5.41, 5.74) is 6.15. The van der Waals surface area contributed by atoms with Gasteiger partial charge in [0.2, 0.25) is 5.75 Å². The molecule has 0 aliphatic carbocycles. The lowest BCUT2D eigenvalue weighted by Crippen LogP contribution is -2.29. The fourth-order valence-corrected chi connectivity index (χ4v) is 2.16. The van der Waals surface area contributed by atoms with Crippen LogP contribution >= 0.6 is 11.6 Å². The van der Waals surface area contributed by atoms with Gasteiger partial charge in [0.05, 0.1) is 26.4 Å². The van der Waals surface area contributed by atoms with Crippen LogP contribution in [0.15, 0.2) is 6.07 Å². The third kappa shape index (κ3) is 2.58. The highest BCUT2D eigenvalue weighted by molar-refractivity contribution is 6.32. The molecule has 0 aliphatic heterocycles. The molecule has 0 fully saturated rings. The number of halogens is 1. The average molecular weight is 260 g/mol. The Morgan fingerprint density at radius 2 is 1.59 bits per heavy atom. The van der Waals surface area contributed by atoms with Gasteiger partial charge in [0.15, 0.2) is 11.5 Å². The Morgan fingerprint density at radius 3 is 1.94 bits per heavy atom. The molecule has 17 heavy (non-hydrogen) atoms. The Hall–Kier alpha value is -1.13. The van der Waals surface area contributed by atoms with Crippen LogP contribution in [0.2, 0.25) is 5.02 Å². The highest BCUT2D eigenvalue weighted by Crippen LogP contribution is 2.46. The Morgan fingerprint density at radius 1 is 1.06 bits per heavy atom. The van der Waals surface area contributed by atoms with Gasteiger partial charge in [-0.15, -0.1) is 0 Å². The van der Waals surface area contributed by atoms with Gasteiger partial charge < -0.3 is 19.9 Å². The summed E-state index contributed by atoms with van der Waals surface area (Å²) in [6.45, 7) is 3.70. The predicted octanol–water partition coefficient (Wildman–Crippen LogP) is 2.56. The molecule has 1 aromatic rings. The van der Waals surface area contributed by atoms with Crippen molar-refractivity contribution < 1.29 is 14.2 Å². The monoisotopic (exact) mass is 259 g/mol. The first-order valence-corrected chi connectivity index (χ1v) is 5.52. The zero-order valence-electron chi connectivity index (χ0n) is 10.8. The van der Waals surface area contributed by atoms with Crippen molar-refractivity contribution in [1.29, 1.82) is 0 Å². The molecule has 0 aliphatic rings. The van der Waals surface area contributed by atoms with Crippen molar-refractivity contribution >= 4 is 11.6 Å². The van der Waals surface area contributed by atoms with Crippen LogP contribution in [0.25, 0.3) is 0 Å². The van der Waals surface area contributed by atoms with E-state index in [2.05, 4.69) is 0 Å². The van der Waals surface area contributed by atoms with Crippen LogP contribution in [-0.2, 0) is 5.54 Å². The van der Waals surface area contributed by atoms with E-state index in [0.717, 1.165) is 0 Å². The van der Waals surface area contributed by atoms with E-state index < -0.39 is 5.54 Å². The minimum absolute atomic E-state index is 0.493. The Bertz CT molecular complexity index is 413. The number of rotatable bonds is 4. The minimum Gasteiger partial charge on any atom is -0.493 e. The normalized spacial score (nSPS) is 11.2. The van der Waals surface area contributed by atoms with Crippen molar-refractivity contribution in [2.24, 2.45) is 5.73 Å². The van der Waals surface area contributed by atoms with E-state index in [4.69, 9.17) is 31.5 Å². The van der Waals surface area contributed by atoms with Gasteiger partial charge in [-0.25, -0.2) is 0 Å². The fraction of sp³-hybridized carbons (Fsp3) is 0.500. The summed E-state index contributed by atoms with van der Waals surface area (Å²) in [5, 5.41) is 0.493. The van der Waals surface area contributed by atoms with E-state index in [-0.39, 0.29) is 0 Å². The predicted molar refractivity (Wildman–Crippen MR) is 68.3 cm³/mol. The summed E-state index contributed by atoms with van der Waals surface area (Å²) < 4.78 is 15.8. The van der Waals surface area contributed by atoms with Crippen molar-refractivity contribution in [3.05, 3.63) is 16.7 Å². The molecular formula is C12H18ClNO3. The molecule has 0 saturated heterocycles. The summed E-state index contributed by atoms with van der Waals surface area (Å²) in [6.07, 6.45) is 0. The van der Waals surface area contributed by atoms with Gasteiger partial charge in [-0.3, -0.25) is 0 Å². The molecule has 1 rings (SSSR count). The average Bonchev–Trinajstić information content (AvgIpc) is 2.25. The van der Waals surface area contributed by atoms with Crippen LogP contribution in [-0.4, -0.2) is 21.3 Å². The van der Waals surface area contributed by atoms with Crippen LogP contribution in [0.5, 0.6) is 17.2 Å². The van der Waals surface area contributed by atoms with E-state index in [1.165, 1.54) is 0 Å². The van der Waals surface area contributed by atoms with Gasteiger partial charge in [0, 0.05) is 17.2 Å². The highest BCUT2D eigenvalue weighted by Gasteiger charge is 2.28. The van der Waals surface area contributed by atoms with Crippen LogP contribution in [0, 0.1) is 0 Å². The third-order valence-corrected chi connectivity index (χ3v) is 2.72. The largest absolute Gasteiger partial charge is 0.493 e. The Balaban J connectivity index is 3.61. The van der Waals surface area contributed by atoms with E-state index >= 15 is 0 Å². The first-order chi connectivity index (χ1) is 7.86. The van der Waals surface area contributed by atoms with Gasteiger partial charge >= 0.3 is 0 Å². The molecule has 0 heterocycles. The van der Waals surface area contributed by atoms with E-state index in [1.54, 1.807) is 27.4 Å². The quantitative estimate of drug-likeness (QED) is 0.903. The highest BCUT2D eigenvalue weighted by atomic mass is 35.5. The lowest BCUT2D eigenvalue weighted by atomic mass is 9.94. The molecule has 0 unspecified atom stereocenters. The SMILES string of the molecule is COc1cc(Cl)c(C(C)(C)N)c(OC)c1OC. The molecule has 0 amide bonds. The number of benzene rings is 1. The van der Waals surface area contributed by atoms with Crippen LogP contribution < -0.4 is 19.9 Å². The number of ether oxygens (including phenoxy) is 3. The van der Waals surface area contributed by atoms with Gasteiger partial charge in [-0.05, 0) is 13.8 Å². The third-order valence-electron chi connectivity index (χ3n) is 2.43. The summed E-state index contributed by atoms with van der Waals surface area (Å²) in [7, 11) is 4.63. The molecule has 0 saturated carbocycles. The molecule has 0 radical (unpaired) electrons. The van der Waals surface area contributed by atoms with Gasteiger partial charge in [0.25, 0.3) is 0 Å².